The third-order valence-corrected chi connectivity index (χ3v) is 3.19. The van der Waals surface area contributed by atoms with E-state index < -0.39 is 0 Å². The van der Waals surface area contributed by atoms with E-state index >= 15 is 0 Å². The molecule has 0 aliphatic carbocycles. The van der Waals surface area contributed by atoms with Crippen LogP contribution in [-0.4, -0.2) is 38.9 Å². The van der Waals surface area contributed by atoms with Crippen molar-refractivity contribution in [3.63, 3.8) is 0 Å². The normalized spacial score (nSPS) is 21.6. The summed E-state index contributed by atoms with van der Waals surface area (Å²) in [5, 5.41) is 2.82. The van der Waals surface area contributed by atoms with Crippen LogP contribution >= 0.6 is 0 Å². The summed E-state index contributed by atoms with van der Waals surface area (Å²) in [5.41, 5.74) is 6.47. The molecule has 1 heterocycles. The van der Waals surface area contributed by atoms with Crippen LogP contribution in [0.25, 0.3) is 0 Å². The molecule has 1 aromatic carbocycles. The molecule has 0 aromatic heterocycles. The van der Waals surface area contributed by atoms with Gasteiger partial charge in [-0.05, 0) is 19.1 Å². The number of benzene rings is 1. The van der Waals surface area contributed by atoms with Crippen molar-refractivity contribution in [3.8, 4) is 11.5 Å². The van der Waals surface area contributed by atoms with E-state index in [2.05, 4.69) is 5.32 Å². The molecule has 110 valence electrons. The Morgan fingerprint density at radius 1 is 1.45 bits per heavy atom. The summed E-state index contributed by atoms with van der Waals surface area (Å²) >= 11 is 0. The third kappa shape index (κ3) is 3.20. The minimum absolute atomic E-state index is 0.138. The van der Waals surface area contributed by atoms with Gasteiger partial charge < -0.3 is 25.3 Å². The first-order valence-corrected chi connectivity index (χ1v) is 6.60. The largest absolute Gasteiger partial charge is 0.493 e. The number of nitrogens with one attached hydrogen (secondary N) is 1. The molecule has 0 radical (unpaired) electrons. The minimum atomic E-state index is -0.312. The van der Waals surface area contributed by atoms with Crippen molar-refractivity contribution in [3.05, 3.63) is 18.2 Å². The quantitative estimate of drug-likeness (QED) is 0.841. The summed E-state index contributed by atoms with van der Waals surface area (Å²) in [5.74, 6) is 0.777. The molecule has 0 bridgehead atoms. The second kappa shape index (κ2) is 6.58. The van der Waals surface area contributed by atoms with Crippen LogP contribution < -0.4 is 20.5 Å². The summed E-state index contributed by atoms with van der Waals surface area (Å²) in [6.45, 7) is 3.23. The van der Waals surface area contributed by atoms with E-state index in [9.17, 15) is 4.79 Å². The van der Waals surface area contributed by atoms with Gasteiger partial charge >= 0.3 is 0 Å². The van der Waals surface area contributed by atoms with Gasteiger partial charge in [-0.3, -0.25) is 4.79 Å². The Morgan fingerprint density at radius 2 is 2.25 bits per heavy atom. The molecule has 1 saturated heterocycles. The summed E-state index contributed by atoms with van der Waals surface area (Å²) < 4.78 is 15.9. The smallest absolute Gasteiger partial charge is 0.231 e. The molecule has 1 fully saturated rings. The fourth-order valence-corrected chi connectivity index (χ4v) is 2.10. The number of nitrogens with two attached hydrogens (primary N) is 1. The van der Waals surface area contributed by atoms with Gasteiger partial charge in [-0.25, -0.2) is 0 Å². The molecule has 20 heavy (non-hydrogen) atoms. The second-order valence-electron chi connectivity index (χ2n) is 4.60. The molecule has 2 unspecified atom stereocenters. The lowest BCUT2D eigenvalue weighted by Crippen LogP contribution is -2.37. The topological polar surface area (TPSA) is 82.8 Å². The van der Waals surface area contributed by atoms with Gasteiger partial charge in [-0.2, -0.15) is 0 Å². The van der Waals surface area contributed by atoms with Crippen molar-refractivity contribution in [1.29, 1.82) is 0 Å². The number of amides is 1. The molecule has 2 atom stereocenters. The van der Waals surface area contributed by atoms with Crippen molar-refractivity contribution in [1.82, 2.24) is 0 Å². The van der Waals surface area contributed by atoms with Crippen LogP contribution in [0.4, 0.5) is 5.69 Å². The van der Waals surface area contributed by atoms with E-state index in [0.717, 1.165) is 0 Å². The molecule has 6 heteroatoms. The number of methoxy groups -OCH3 is 1. The van der Waals surface area contributed by atoms with Crippen molar-refractivity contribution in [2.45, 2.75) is 13.0 Å². The van der Waals surface area contributed by atoms with Crippen molar-refractivity contribution < 1.29 is 19.0 Å². The van der Waals surface area contributed by atoms with Crippen LogP contribution in [-0.2, 0) is 9.53 Å². The Bertz CT molecular complexity index is 478. The Hall–Kier alpha value is -1.79. The lowest BCUT2D eigenvalue weighted by Gasteiger charge is -2.15. The Morgan fingerprint density at radius 3 is 2.85 bits per heavy atom. The molecule has 2 rings (SSSR count). The lowest BCUT2D eigenvalue weighted by atomic mass is 10.0. The molecule has 0 saturated carbocycles. The maximum Gasteiger partial charge on any atom is 0.231 e. The highest BCUT2D eigenvalue weighted by atomic mass is 16.5. The van der Waals surface area contributed by atoms with Crippen LogP contribution in [0.5, 0.6) is 11.5 Å². The van der Waals surface area contributed by atoms with Crippen LogP contribution in [0.15, 0.2) is 18.2 Å². The number of carbonyl (C=O) groups is 1. The van der Waals surface area contributed by atoms with Crippen molar-refractivity contribution in [2.75, 3.05) is 32.2 Å². The zero-order chi connectivity index (χ0) is 14.5. The van der Waals surface area contributed by atoms with E-state index in [1.165, 1.54) is 0 Å². The van der Waals surface area contributed by atoms with E-state index in [4.69, 9.17) is 19.9 Å². The number of carbonyl (C=O) groups excluding carboxylic acids is 1. The van der Waals surface area contributed by atoms with Gasteiger partial charge in [0.25, 0.3) is 0 Å². The van der Waals surface area contributed by atoms with E-state index in [-0.39, 0.29) is 17.9 Å². The molecule has 1 aliphatic rings. The maximum atomic E-state index is 12.1. The monoisotopic (exact) mass is 280 g/mol. The van der Waals surface area contributed by atoms with E-state index in [0.29, 0.717) is 37.0 Å². The lowest BCUT2D eigenvalue weighted by molar-refractivity contribution is -0.120. The SMILES string of the molecule is CCOc1ccc(NC(=O)C2COCC2N)cc1OC. The van der Waals surface area contributed by atoms with Gasteiger partial charge in [-0.1, -0.05) is 0 Å². The predicted molar refractivity (Wildman–Crippen MR) is 75.1 cm³/mol. The molecular weight excluding hydrogens is 260 g/mol. The highest BCUT2D eigenvalue weighted by Crippen LogP contribution is 2.30. The number of hydrogen-bond acceptors (Lipinski definition) is 5. The summed E-state index contributed by atoms with van der Waals surface area (Å²) in [6.07, 6.45) is 0. The number of rotatable bonds is 5. The fourth-order valence-electron chi connectivity index (χ4n) is 2.10. The summed E-state index contributed by atoms with van der Waals surface area (Å²) in [7, 11) is 1.56. The summed E-state index contributed by atoms with van der Waals surface area (Å²) in [6, 6.07) is 5.01. The zero-order valence-electron chi connectivity index (χ0n) is 11.7. The van der Waals surface area contributed by atoms with Gasteiger partial charge in [0.2, 0.25) is 5.91 Å². The number of hydrogen-bond donors (Lipinski definition) is 2. The average molecular weight is 280 g/mol. The average Bonchev–Trinajstić information content (AvgIpc) is 2.87. The van der Waals surface area contributed by atoms with Gasteiger partial charge in [0.1, 0.15) is 0 Å². The maximum absolute atomic E-state index is 12.1. The molecule has 1 aromatic rings. The first kappa shape index (κ1) is 14.6. The van der Waals surface area contributed by atoms with Gasteiger partial charge in [-0.15, -0.1) is 0 Å². The van der Waals surface area contributed by atoms with Crippen LogP contribution in [0.3, 0.4) is 0 Å². The van der Waals surface area contributed by atoms with E-state index in [1.54, 1.807) is 25.3 Å². The zero-order valence-corrected chi connectivity index (χ0v) is 11.7. The molecule has 1 amide bonds. The minimum Gasteiger partial charge on any atom is -0.493 e. The summed E-state index contributed by atoms with van der Waals surface area (Å²) in [4.78, 5) is 12.1. The fraction of sp³-hybridized carbons (Fsp3) is 0.500. The molecule has 0 spiro atoms. The highest BCUT2D eigenvalue weighted by Gasteiger charge is 2.31. The second-order valence-corrected chi connectivity index (χ2v) is 4.60. The molecule has 1 aliphatic heterocycles. The highest BCUT2D eigenvalue weighted by molar-refractivity contribution is 5.93. The van der Waals surface area contributed by atoms with Crippen molar-refractivity contribution in [2.24, 2.45) is 11.7 Å². The van der Waals surface area contributed by atoms with Gasteiger partial charge in [0, 0.05) is 17.8 Å². The van der Waals surface area contributed by atoms with Crippen molar-refractivity contribution >= 4 is 11.6 Å². The van der Waals surface area contributed by atoms with Crippen LogP contribution in [0, 0.1) is 5.92 Å². The van der Waals surface area contributed by atoms with Gasteiger partial charge in [0.15, 0.2) is 11.5 Å². The Kier molecular flexibility index (Phi) is 4.81. The van der Waals surface area contributed by atoms with E-state index in [1.807, 2.05) is 6.92 Å². The first-order valence-electron chi connectivity index (χ1n) is 6.60. The standard InChI is InChI=1S/C14H20N2O4/c1-3-20-12-5-4-9(6-13(12)18-2)16-14(17)10-7-19-8-11(10)15/h4-6,10-11H,3,7-8,15H2,1-2H3,(H,16,17). The predicted octanol–water partition coefficient (Wildman–Crippen LogP) is 1.01. The number of ether oxygens (including phenoxy) is 3. The van der Waals surface area contributed by atoms with Crippen LogP contribution in [0.1, 0.15) is 6.92 Å². The third-order valence-electron chi connectivity index (χ3n) is 3.19. The van der Waals surface area contributed by atoms with Gasteiger partial charge in [0.05, 0.1) is 32.8 Å². The Labute approximate surface area is 118 Å². The molecule has 6 nitrogen and oxygen atoms in total. The Balaban J connectivity index is 2.07. The number of anilines is 1. The molecule has 3 N–H and O–H groups in total. The van der Waals surface area contributed by atoms with Crippen LogP contribution in [0.2, 0.25) is 0 Å². The first-order chi connectivity index (χ1) is 9.65. The molecular formula is C14H20N2O4.